The van der Waals surface area contributed by atoms with E-state index in [1.165, 1.54) is 0 Å². The Balaban J connectivity index is 1.44. The van der Waals surface area contributed by atoms with Gasteiger partial charge in [0, 0.05) is 22.4 Å². The number of nitriles is 1. The minimum absolute atomic E-state index is 0.100. The average molecular weight is 466 g/mol. The summed E-state index contributed by atoms with van der Waals surface area (Å²) < 4.78 is 5.36. The number of ether oxygens (including phenoxy) is 1. The van der Waals surface area contributed by atoms with Gasteiger partial charge in [-0.2, -0.15) is 5.26 Å². The highest BCUT2D eigenvalue weighted by Crippen LogP contribution is 2.34. The van der Waals surface area contributed by atoms with Crippen LogP contribution in [0.15, 0.2) is 24.3 Å². The van der Waals surface area contributed by atoms with Crippen LogP contribution in [0.4, 0.5) is 0 Å². The number of aromatic amines is 1. The predicted molar refractivity (Wildman–Crippen MR) is 126 cm³/mol. The smallest absolute Gasteiger partial charge is 0.268 e. The summed E-state index contributed by atoms with van der Waals surface area (Å²) in [5.41, 5.74) is 0.765. The number of nitrogens with zero attached hydrogens (tertiary/aromatic N) is 1. The maximum absolute atomic E-state index is 13.1. The molecule has 2 heterocycles. The van der Waals surface area contributed by atoms with Crippen molar-refractivity contribution in [2.24, 2.45) is 11.8 Å². The first-order chi connectivity index (χ1) is 16.2. The lowest BCUT2D eigenvalue weighted by atomic mass is 9.92. The van der Waals surface area contributed by atoms with Gasteiger partial charge in [-0.05, 0) is 57.2 Å². The number of H-pyrrole nitrogens is 1. The van der Waals surface area contributed by atoms with Crippen LogP contribution >= 0.6 is 0 Å². The highest BCUT2D eigenvalue weighted by Gasteiger charge is 2.39. The Morgan fingerprint density at radius 1 is 1.26 bits per heavy atom. The molecule has 1 aliphatic heterocycles. The Bertz CT molecular complexity index is 1140. The molecule has 9 heteroatoms. The molecule has 2 fully saturated rings. The van der Waals surface area contributed by atoms with E-state index >= 15 is 0 Å². The van der Waals surface area contributed by atoms with Gasteiger partial charge in [-0.3, -0.25) is 14.4 Å². The third-order valence-electron chi connectivity index (χ3n) is 6.56. The Hall–Kier alpha value is -3.54. The van der Waals surface area contributed by atoms with Crippen LogP contribution in [0.3, 0.4) is 0 Å². The Morgan fingerprint density at radius 2 is 2.03 bits per heavy atom. The molecule has 0 spiro atoms. The number of carbonyl (C=O) groups excluding carboxylic acids is 3. The minimum atomic E-state index is -0.812. The Labute approximate surface area is 198 Å². The number of carbonyl (C=O) groups is 3. The second-order valence-electron chi connectivity index (χ2n) is 10.0. The van der Waals surface area contributed by atoms with Crippen molar-refractivity contribution in [2.45, 2.75) is 63.6 Å². The fraction of sp³-hybridized carbons (Fsp3) is 0.520. The van der Waals surface area contributed by atoms with Crippen molar-refractivity contribution in [3.8, 4) is 11.8 Å². The van der Waals surface area contributed by atoms with E-state index in [0.717, 1.165) is 23.7 Å². The lowest BCUT2D eigenvalue weighted by Crippen LogP contribution is -2.50. The molecule has 3 amide bonds. The molecular formula is C25H31N5O4. The molecule has 4 N–H and O–H groups in total. The van der Waals surface area contributed by atoms with E-state index in [4.69, 9.17) is 4.74 Å². The van der Waals surface area contributed by atoms with Crippen molar-refractivity contribution in [3.05, 3.63) is 30.0 Å². The highest BCUT2D eigenvalue weighted by molar-refractivity contribution is 6.01. The first kappa shape index (κ1) is 23.6. The van der Waals surface area contributed by atoms with Gasteiger partial charge in [0.2, 0.25) is 11.8 Å². The number of hydrogen-bond acceptors (Lipinski definition) is 5. The van der Waals surface area contributed by atoms with Gasteiger partial charge < -0.3 is 25.7 Å². The van der Waals surface area contributed by atoms with Crippen molar-refractivity contribution in [1.29, 1.82) is 5.26 Å². The summed E-state index contributed by atoms with van der Waals surface area (Å²) in [5, 5.41) is 18.9. The normalized spacial score (nSPS) is 20.8. The van der Waals surface area contributed by atoms with Gasteiger partial charge in [-0.15, -0.1) is 0 Å². The van der Waals surface area contributed by atoms with Gasteiger partial charge in [-0.25, -0.2) is 0 Å². The molecule has 1 aromatic carbocycles. The van der Waals surface area contributed by atoms with Crippen LogP contribution in [0.5, 0.6) is 5.75 Å². The molecule has 2 aromatic rings. The van der Waals surface area contributed by atoms with Crippen molar-refractivity contribution < 1.29 is 19.1 Å². The molecule has 2 unspecified atom stereocenters. The minimum Gasteiger partial charge on any atom is -0.496 e. The molecule has 34 heavy (non-hydrogen) atoms. The SMILES string of the molecule is COc1cccc2[nH]c(C(=O)NC(CC3CC3)C(=O)N[C@H](C#N)CC3CC(C)(C)NC3=O)cc12. The van der Waals surface area contributed by atoms with Crippen LogP contribution in [-0.4, -0.2) is 47.4 Å². The summed E-state index contributed by atoms with van der Waals surface area (Å²) in [6.07, 6.45) is 3.39. The molecule has 1 aliphatic carbocycles. The van der Waals surface area contributed by atoms with Gasteiger partial charge in [0.05, 0.1) is 13.2 Å². The zero-order valence-corrected chi connectivity index (χ0v) is 19.7. The Morgan fingerprint density at radius 3 is 2.65 bits per heavy atom. The summed E-state index contributed by atoms with van der Waals surface area (Å²) in [6, 6.07) is 7.72. The lowest BCUT2D eigenvalue weighted by molar-refractivity contribution is -0.125. The molecule has 1 saturated carbocycles. The lowest BCUT2D eigenvalue weighted by Gasteiger charge is -2.21. The van der Waals surface area contributed by atoms with E-state index in [-0.39, 0.29) is 23.8 Å². The summed E-state index contributed by atoms with van der Waals surface area (Å²) in [7, 11) is 1.57. The van der Waals surface area contributed by atoms with Crippen LogP contribution in [0, 0.1) is 23.2 Å². The predicted octanol–water partition coefficient (Wildman–Crippen LogP) is 2.39. The second kappa shape index (κ2) is 9.37. The number of nitrogens with one attached hydrogen (secondary N) is 4. The van der Waals surface area contributed by atoms with Gasteiger partial charge in [0.15, 0.2) is 0 Å². The number of amides is 3. The van der Waals surface area contributed by atoms with Gasteiger partial charge >= 0.3 is 0 Å². The van der Waals surface area contributed by atoms with Crippen LogP contribution in [-0.2, 0) is 9.59 Å². The van der Waals surface area contributed by atoms with Crippen molar-refractivity contribution in [3.63, 3.8) is 0 Å². The maximum atomic E-state index is 13.1. The maximum Gasteiger partial charge on any atom is 0.268 e. The average Bonchev–Trinajstić information content (AvgIpc) is 3.42. The molecule has 9 nitrogen and oxygen atoms in total. The van der Waals surface area contributed by atoms with Crippen LogP contribution in [0.2, 0.25) is 0 Å². The Kier molecular flexibility index (Phi) is 6.51. The van der Waals surface area contributed by atoms with E-state index in [1.54, 1.807) is 13.2 Å². The molecule has 0 radical (unpaired) electrons. The largest absolute Gasteiger partial charge is 0.496 e. The molecule has 180 valence electrons. The summed E-state index contributed by atoms with van der Waals surface area (Å²) in [5.74, 6) is -0.214. The first-order valence-corrected chi connectivity index (χ1v) is 11.7. The topological polar surface area (TPSA) is 136 Å². The van der Waals surface area contributed by atoms with Crippen LogP contribution in [0.1, 0.15) is 56.4 Å². The number of rotatable bonds is 9. The van der Waals surface area contributed by atoms with E-state index in [9.17, 15) is 19.6 Å². The fourth-order valence-electron chi connectivity index (χ4n) is 4.67. The van der Waals surface area contributed by atoms with E-state index < -0.39 is 23.9 Å². The molecular weight excluding hydrogens is 434 g/mol. The second-order valence-corrected chi connectivity index (χ2v) is 10.0. The van der Waals surface area contributed by atoms with E-state index in [1.807, 2.05) is 32.0 Å². The van der Waals surface area contributed by atoms with E-state index in [0.29, 0.717) is 30.2 Å². The zero-order chi connectivity index (χ0) is 24.5. The third kappa shape index (κ3) is 5.33. The molecule has 1 aromatic heterocycles. The zero-order valence-electron chi connectivity index (χ0n) is 19.7. The van der Waals surface area contributed by atoms with Crippen LogP contribution in [0.25, 0.3) is 10.9 Å². The molecule has 1 saturated heterocycles. The van der Waals surface area contributed by atoms with Crippen molar-refractivity contribution in [1.82, 2.24) is 20.9 Å². The first-order valence-electron chi connectivity index (χ1n) is 11.7. The fourth-order valence-corrected chi connectivity index (χ4v) is 4.67. The quantitative estimate of drug-likeness (QED) is 0.451. The number of methoxy groups -OCH3 is 1. The third-order valence-corrected chi connectivity index (χ3v) is 6.56. The van der Waals surface area contributed by atoms with Crippen molar-refractivity contribution in [2.75, 3.05) is 7.11 Å². The molecule has 0 bridgehead atoms. The van der Waals surface area contributed by atoms with Gasteiger partial charge in [0.1, 0.15) is 23.5 Å². The number of hydrogen-bond donors (Lipinski definition) is 4. The number of benzene rings is 1. The highest BCUT2D eigenvalue weighted by atomic mass is 16.5. The summed E-state index contributed by atoms with van der Waals surface area (Å²) in [4.78, 5) is 41.4. The molecule has 2 aliphatic rings. The number of fused-ring (bicyclic) bond motifs is 1. The van der Waals surface area contributed by atoms with Crippen molar-refractivity contribution >= 4 is 28.6 Å². The standard InChI is InChI=1S/C25H31N5O4/c1-25(2)12-15(22(31)30-25)10-16(13-26)27-23(32)19(9-14-7-8-14)29-24(33)20-11-17-18(28-20)5-4-6-21(17)34-3/h4-6,11,14-16,19,28H,7-10,12H2,1-3H3,(H,27,32)(H,29,33)(H,30,31)/t15?,16-,19?/m0/s1. The monoisotopic (exact) mass is 465 g/mol. The van der Waals surface area contributed by atoms with E-state index in [2.05, 4.69) is 27.0 Å². The summed E-state index contributed by atoms with van der Waals surface area (Å²) in [6.45, 7) is 3.87. The molecule has 4 rings (SSSR count). The van der Waals surface area contributed by atoms with Gasteiger partial charge in [0.25, 0.3) is 5.91 Å². The molecule has 3 atom stereocenters. The summed E-state index contributed by atoms with van der Waals surface area (Å²) >= 11 is 0. The van der Waals surface area contributed by atoms with Crippen LogP contribution < -0.4 is 20.7 Å². The van der Waals surface area contributed by atoms with Gasteiger partial charge in [-0.1, -0.05) is 18.9 Å². The number of aromatic nitrogens is 1.